The van der Waals surface area contributed by atoms with Crippen LogP contribution >= 0.6 is 0 Å². The van der Waals surface area contributed by atoms with E-state index >= 15 is 0 Å². The SMILES string of the molecule is CO[C@@H](CNc1ncnc2c1oc1ccccc12)c1ccc(F)cc1. The fourth-order valence-electron chi connectivity index (χ4n) is 2.85. The minimum Gasteiger partial charge on any atom is -0.450 e. The molecule has 2 aromatic carbocycles. The number of para-hydroxylation sites is 1. The van der Waals surface area contributed by atoms with Crippen molar-refractivity contribution in [2.45, 2.75) is 6.10 Å². The number of ether oxygens (including phenoxy) is 1. The molecule has 5 nitrogen and oxygen atoms in total. The maximum Gasteiger partial charge on any atom is 0.196 e. The highest BCUT2D eigenvalue weighted by Crippen LogP contribution is 2.30. The van der Waals surface area contributed by atoms with Crippen LogP contribution in [0.1, 0.15) is 11.7 Å². The quantitative estimate of drug-likeness (QED) is 0.588. The Labute approximate surface area is 143 Å². The lowest BCUT2D eigenvalue weighted by Crippen LogP contribution is -2.15. The molecule has 25 heavy (non-hydrogen) atoms. The van der Waals surface area contributed by atoms with Crippen molar-refractivity contribution in [1.29, 1.82) is 0 Å². The monoisotopic (exact) mass is 337 g/mol. The number of methoxy groups -OCH3 is 1. The number of aromatic nitrogens is 2. The molecule has 2 aromatic heterocycles. The normalized spacial score (nSPS) is 12.6. The van der Waals surface area contributed by atoms with Crippen LogP contribution in [0.2, 0.25) is 0 Å². The number of halogens is 1. The van der Waals surface area contributed by atoms with Crippen molar-refractivity contribution in [3.8, 4) is 0 Å². The number of benzene rings is 2. The van der Waals surface area contributed by atoms with Gasteiger partial charge in [-0.2, -0.15) is 0 Å². The highest BCUT2D eigenvalue weighted by atomic mass is 19.1. The molecule has 0 aliphatic carbocycles. The second kappa shape index (κ2) is 6.49. The Morgan fingerprint density at radius 2 is 1.92 bits per heavy atom. The maximum atomic E-state index is 13.1. The average Bonchev–Trinajstić information content (AvgIpc) is 3.03. The van der Waals surface area contributed by atoms with Crippen LogP contribution < -0.4 is 5.32 Å². The van der Waals surface area contributed by atoms with Crippen LogP contribution in [0.15, 0.2) is 59.3 Å². The van der Waals surface area contributed by atoms with E-state index in [9.17, 15) is 4.39 Å². The van der Waals surface area contributed by atoms with Gasteiger partial charge in [0.05, 0.1) is 6.10 Å². The first-order valence-electron chi connectivity index (χ1n) is 7.90. The zero-order valence-corrected chi connectivity index (χ0v) is 13.6. The molecule has 0 aliphatic rings. The average molecular weight is 337 g/mol. The van der Waals surface area contributed by atoms with Gasteiger partial charge in [0.1, 0.15) is 23.2 Å². The van der Waals surface area contributed by atoms with E-state index in [0.29, 0.717) is 17.9 Å². The van der Waals surface area contributed by atoms with E-state index in [-0.39, 0.29) is 11.9 Å². The molecule has 0 bridgehead atoms. The molecular weight excluding hydrogens is 321 g/mol. The summed E-state index contributed by atoms with van der Waals surface area (Å²) in [6.45, 7) is 0.464. The number of hydrogen-bond donors (Lipinski definition) is 1. The van der Waals surface area contributed by atoms with Crippen molar-refractivity contribution in [3.63, 3.8) is 0 Å². The smallest absolute Gasteiger partial charge is 0.196 e. The van der Waals surface area contributed by atoms with Gasteiger partial charge in [-0.05, 0) is 29.8 Å². The molecule has 6 heteroatoms. The fraction of sp³-hybridized carbons (Fsp3) is 0.158. The van der Waals surface area contributed by atoms with Crippen LogP contribution in [-0.2, 0) is 4.74 Å². The van der Waals surface area contributed by atoms with E-state index in [4.69, 9.17) is 9.15 Å². The first kappa shape index (κ1) is 15.5. The zero-order chi connectivity index (χ0) is 17.2. The second-order valence-corrected chi connectivity index (χ2v) is 5.66. The molecule has 1 atom stereocenters. The van der Waals surface area contributed by atoms with Crippen molar-refractivity contribution >= 4 is 27.9 Å². The summed E-state index contributed by atoms with van der Waals surface area (Å²) in [5.41, 5.74) is 3.02. The second-order valence-electron chi connectivity index (χ2n) is 5.66. The molecule has 0 amide bonds. The number of furan rings is 1. The maximum absolute atomic E-state index is 13.1. The van der Waals surface area contributed by atoms with Gasteiger partial charge in [-0.25, -0.2) is 14.4 Å². The third-order valence-electron chi connectivity index (χ3n) is 4.14. The molecule has 0 radical (unpaired) electrons. The molecule has 126 valence electrons. The predicted molar refractivity (Wildman–Crippen MR) is 93.9 cm³/mol. The van der Waals surface area contributed by atoms with Gasteiger partial charge in [0.25, 0.3) is 0 Å². The molecule has 2 heterocycles. The number of nitrogens with zero attached hydrogens (tertiary/aromatic N) is 2. The van der Waals surface area contributed by atoms with Crippen LogP contribution in [-0.4, -0.2) is 23.6 Å². The number of hydrogen-bond acceptors (Lipinski definition) is 5. The lowest BCUT2D eigenvalue weighted by Gasteiger charge is -2.16. The zero-order valence-electron chi connectivity index (χ0n) is 13.6. The van der Waals surface area contributed by atoms with Gasteiger partial charge in [0.15, 0.2) is 11.4 Å². The Bertz CT molecular complexity index is 1010. The van der Waals surface area contributed by atoms with Crippen molar-refractivity contribution in [2.24, 2.45) is 0 Å². The van der Waals surface area contributed by atoms with Gasteiger partial charge in [-0.3, -0.25) is 0 Å². The van der Waals surface area contributed by atoms with Gasteiger partial charge < -0.3 is 14.5 Å². The molecule has 0 saturated carbocycles. The highest BCUT2D eigenvalue weighted by molar-refractivity contribution is 6.05. The minimum absolute atomic E-state index is 0.241. The van der Waals surface area contributed by atoms with Gasteiger partial charge in [-0.1, -0.05) is 24.3 Å². The van der Waals surface area contributed by atoms with E-state index in [1.54, 1.807) is 19.2 Å². The Morgan fingerprint density at radius 3 is 2.72 bits per heavy atom. The lowest BCUT2D eigenvalue weighted by atomic mass is 10.1. The molecule has 0 spiro atoms. The van der Waals surface area contributed by atoms with Crippen LogP contribution in [0.5, 0.6) is 0 Å². The predicted octanol–water partition coefficient (Wildman–Crippen LogP) is 4.31. The van der Waals surface area contributed by atoms with E-state index in [2.05, 4.69) is 15.3 Å². The standard InChI is InChI=1S/C19H16FN3O2/c1-24-16(12-6-8-13(20)9-7-12)10-21-19-18-17(22-11-23-19)14-4-2-3-5-15(14)25-18/h2-9,11,16H,10H2,1H3,(H,21,22,23)/t16-/m0/s1. The van der Waals surface area contributed by atoms with Gasteiger partial charge in [0.2, 0.25) is 0 Å². The van der Waals surface area contributed by atoms with Crippen molar-refractivity contribution in [3.05, 3.63) is 66.2 Å². The number of rotatable bonds is 5. The summed E-state index contributed by atoms with van der Waals surface area (Å²) in [5.74, 6) is 0.330. The molecular formula is C19H16FN3O2. The van der Waals surface area contributed by atoms with Gasteiger partial charge in [0, 0.05) is 19.0 Å². The first-order valence-corrected chi connectivity index (χ1v) is 7.90. The largest absolute Gasteiger partial charge is 0.450 e. The summed E-state index contributed by atoms with van der Waals surface area (Å²) in [5, 5.41) is 4.20. The lowest BCUT2D eigenvalue weighted by molar-refractivity contribution is 0.114. The summed E-state index contributed by atoms with van der Waals surface area (Å²) < 4.78 is 24.5. The van der Waals surface area contributed by atoms with Crippen molar-refractivity contribution in [1.82, 2.24) is 9.97 Å². The Kier molecular flexibility index (Phi) is 4.03. The molecule has 1 N–H and O–H groups in total. The summed E-state index contributed by atoms with van der Waals surface area (Å²) in [6.07, 6.45) is 1.27. The van der Waals surface area contributed by atoms with E-state index in [0.717, 1.165) is 22.0 Å². The van der Waals surface area contributed by atoms with Crippen LogP contribution in [0.25, 0.3) is 22.1 Å². The number of anilines is 1. The molecule has 0 fully saturated rings. The number of fused-ring (bicyclic) bond motifs is 3. The third-order valence-corrected chi connectivity index (χ3v) is 4.14. The Morgan fingerprint density at radius 1 is 1.12 bits per heavy atom. The van der Waals surface area contributed by atoms with Gasteiger partial charge >= 0.3 is 0 Å². The molecule has 0 unspecified atom stereocenters. The Hall–Kier alpha value is -2.99. The van der Waals surface area contributed by atoms with Crippen LogP contribution in [0.4, 0.5) is 10.2 Å². The van der Waals surface area contributed by atoms with E-state index < -0.39 is 0 Å². The molecule has 0 aliphatic heterocycles. The molecule has 4 rings (SSSR count). The summed E-state index contributed by atoms with van der Waals surface area (Å²) in [4.78, 5) is 8.61. The minimum atomic E-state index is -0.272. The Balaban J connectivity index is 1.63. The van der Waals surface area contributed by atoms with Crippen molar-refractivity contribution in [2.75, 3.05) is 19.0 Å². The fourth-order valence-corrected chi connectivity index (χ4v) is 2.85. The number of nitrogens with one attached hydrogen (secondary N) is 1. The van der Waals surface area contributed by atoms with Crippen LogP contribution in [0, 0.1) is 5.82 Å². The third kappa shape index (κ3) is 2.92. The summed E-state index contributed by atoms with van der Waals surface area (Å²) in [7, 11) is 1.62. The molecule has 4 aromatic rings. The molecule has 0 saturated heterocycles. The highest BCUT2D eigenvalue weighted by Gasteiger charge is 2.15. The van der Waals surface area contributed by atoms with Crippen molar-refractivity contribution < 1.29 is 13.5 Å². The summed E-state index contributed by atoms with van der Waals surface area (Å²) >= 11 is 0. The topological polar surface area (TPSA) is 60.2 Å². The summed E-state index contributed by atoms with van der Waals surface area (Å²) in [6, 6.07) is 14.0. The first-order chi connectivity index (χ1) is 12.3. The van der Waals surface area contributed by atoms with E-state index in [1.807, 2.05) is 24.3 Å². The van der Waals surface area contributed by atoms with E-state index in [1.165, 1.54) is 18.5 Å². The van der Waals surface area contributed by atoms with Gasteiger partial charge in [-0.15, -0.1) is 0 Å². The van der Waals surface area contributed by atoms with Crippen LogP contribution in [0.3, 0.4) is 0 Å².